The third kappa shape index (κ3) is 5.06. The molecule has 2 aromatic heterocycles. The van der Waals surface area contributed by atoms with Crippen molar-refractivity contribution in [1.29, 1.82) is 0 Å². The summed E-state index contributed by atoms with van der Waals surface area (Å²) in [5.74, 6) is 0.934. The largest absolute Gasteiger partial charge is 0.494 e. The Kier molecular flexibility index (Phi) is 6.37. The number of benzene rings is 2. The Hall–Kier alpha value is -3.85. The first-order valence-corrected chi connectivity index (χ1v) is 10.0. The second kappa shape index (κ2) is 9.52. The molecule has 10 heteroatoms. The van der Waals surface area contributed by atoms with Gasteiger partial charge in [0, 0.05) is 23.0 Å². The molecule has 0 saturated carbocycles. The molecule has 2 aromatic carbocycles. The van der Waals surface area contributed by atoms with Gasteiger partial charge >= 0.3 is 12.0 Å². The molecule has 2 heterocycles. The molecule has 4 rings (SSSR count). The Balaban J connectivity index is 1.54. The standard InChI is InChI=1S/C22H21ClN6O3/c1-14-11-29(13-24-14)18-9-8-17(10-19(18)30-2)25-20-26-21(31-3)28-22(27-20)32-12-15-4-6-16(23)7-5-15/h4-11,13H,12H2,1-3H3,(H,25,26,27,28). The van der Waals surface area contributed by atoms with Crippen molar-refractivity contribution in [3.63, 3.8) is 0 Å². The maximum absolute atomic E-state index is 5.92. The van der Waals surface area contributed by atoms with E-state index >= 15 is 0 Å². The summed E-state index contributed by atoms with van der Waals surface area (Å²) >= 11 is 5.92. The molecule has 0 aliphatic rings. The van der Waals surface area contributed by atoms with E-state index in [1.165, 1.54) is 7.11 Å². The number of halogens is 1. The van der Waals surface area contributed by atoms with Gasteiger partial charge in [0.25, 0.3) is 0 Å². The van der Waals surface area contributed by atoms with Crippen LogP contribution in [-0.4, -0.2) is 38.7 Å². The van der Waals surface area contributed by atoms with Crippen molar-refractivity contribution in [2.75, 3.05) is 19.5 Å². The number of anilines is 2. The smallest absolute Gasteiger partial charge is 0.324 e. The molecular weight excluding hydrogens is 432 g/mol. The molecule has 0 aliphatic carbocycles. The molecule has 0 radical (unpaired) electrons. The monoisotopic (exact) mass is 452 g/mol. The maximum atomic E-state index is 5.92. The zero-order valence-electron chi connectivity index (χ0n) is 17.7. The van der Waals surface area contributed by atoms with E-state index in [9.17, 15) is 0 Å². The fourth-order valence-corrected chi connectivity index (χ4v) is 3.06. The van der Waals surface area contributed by atoms with Crippen LogP contribution in [0.4, 0.5) is 11.6 Å². The molecule has 0 atom stereocenters. The van der Waals surface area contributed by atoms with Crippen LogP contribution in [0.25, 0.3) is 5.69 Å². The second-order valence-corrected chi connectivity index (χ2v) is 7.21. The molecule has 1 N–H and O–H groups in total. The van der Waals surface area contributed by atoms with Crippen LogP contribution >= 0.6 is 11.6 Å². The van der Waals surface area contributed by atoms with E-state index in [0.29, 0.717) is 10.8 Å². The lowest BCUT2D eigenvalue weighted by molar-refractivity contribution is 0.271. The van der Waals surface area contributed by atoms with E-state index in [1.54, 1.807) is 25.6 Å². The molecule has 0 saturated heterocycles. The Bertz CT molecular complexity index is 1210. The van der Waals surface area contributed by atoms with Crippen LogP contribution in [-0.2, 0) is 6.61 Å². The SMILES string of the molecule is COc1nc(Nc2ccc(-n3cnc(C)c3)c(OC)c2)nc(OCc2ccc(Cl)cc2)n1. The molecule has 0 bridgehead atoms. The number of aromatic nitrogens is 5. The third-order valence-electron chi connectivity index (χ3n) is 4.48. The molecular formula is C22H21ClN6O3. The van der Waals surface area contributed by atoms with Crippen LogP contribution in [0, 0.1) is 6.92 Å². The van der Waals surface area contributed by atoms with E-state index in [4.69, 9.17) is 25.8 Å². The van der Waals surface area contributed by atoms with Gasteiger partial charge in [-0.25, -0.2) is 4.98 Å². The highest BCUT2D eigenvalue weighted by atomic mass is 35.5. The van der Waals surface area contributed by atoms with Gasteiger partial charge in [-0.1, -0.05) is 23.7 Å². The summed E-state index contributed by atoms with van der Waals surface area (Å²) in [7, 11) is 3.09. The highest BCUT2D eigenvalue weighted by Crippen LogP contribution is 2.28. The minimum atomic E-state index is 0.131. The highest BCUT2D eigenvalue weighted by Gasteiger charge is 2.12. The molecule has 0 unspecified atom stereocenters. The van der Waals surface area contributed by atoms with Gasteiger partial charge in [0.05, 0.1) is 31.9 Å². The van der Waals surface area contributed by atoms with Crippen LogP contribution in [0.15, 0.2) is 55.0 Å². The van der Waals surface area contributed by atoms with Gasteiger partial charge in [0.15, 0.2) is 0 Å². The van der Waals surface area contributed by atoms with Gasteiger partial charge in [0.1, 0.15) is 12.4 Å². The number of methoxy groups -OCH3 is 2. The van der Waals surface area contributed by atoms with Crippen molar-refractivity contribution >= 4 is 23.2 Å². The van der Waals surface area contributed by atoms with Crippen molar-refractivity contribution in [2.45, 2.75) is 13.5 Å². The fraction of sp³-hybridized carbons (Fsp3) is 0.182. The quantitative estimate of drug-likeness (QED) is 0.421. The lowest BCUT2D eigenvalue weighted by atomic mass is 10.2. The first-order valence-electron chi connectivity index (χ1n) is 9.67. The molecule has 4 aromatic rings. The summed E-state index contributed by atoms with van der Waals surface area (Å²) in [6, 6.07) is 13.2. The van der Waals surface area contributed by atoms with Crippen molar-refractivity contribution in [3.05, 3.63) is 71.3 Å². The van der Waals surface area contributed by atoms with E-state index in [2.05, 4.69) is 25.3 Å². The topological polar surface area (TPSA) is 96.2 Å². The van der Waals surface area contributed by atoms with Crippen LogP contribution in [0.5, 0.6) is 17.8 Å². The van der Waals surface area contributed by atoms with E-state index < -0.39 is 0 Å². The zero-order chi connectivity index (χ0) is 22.5. The lowest BCUT2D eigenvalue weighted by Gasteiger charge is -2.13. The van der Waals surface area contributed by atoms with E-state index in [-0.39, 0.29) is 24.6 Å². The second-order valence-electron chi connectivity index (χ2n) is 6.78. The average Bonchev–Trinajstić information content (AvgIpc) is 3.24. The highest BCUT2D eigenvalue weighted by molar-refractivity contribution is 6.30. The van der Waals surface area contributed by atoms with Gasteiger partial charge in [-0.05, 0) is 36.8 Å². The molecule has 164 valence electrons. The third-order valence-corrected chi connectivity index (χ3v) is 4.74. The normalized spacial score (nSPS) is 10.6. The summed E-state index contributed by atoms with van der Waals surface area (Å²) in [4.78, 5) is 17.0. The van der Waals surface area contributed by atoms with Gasteiger partial charge in [-0.15, -0.1) is 4.98 Å². The number of nitrogens with zero attached hydrogens (tertiary/aromatic N) is 5. The Morgan fingerprint density at radius 2 is 1.75 bits per heavy atom. The van der Waals surface area contributed by atoms with Crippen LogP contribution in [0.3, 0.4) is 0 Å². The molecule has 0 aliphatic heterocycles. The Morgan fingerprint density at radius 3 is 2.44 bits per heavy atom. The van der Waals surface area contributed by atoms with Crippen LogP contribution < -0.4 is 19.5 Å². The molecule has 9 nitrogen and oxygen atoms in total. The number of ether oxygens (including phenoxy) is 3. The summed E-state index contributed by atoms with van der Waals surface area (Å²) < 4.78 is 18.4. The summed E-state index contributed by atoms with van der Waals surface area (Å²) in [6.45, 7) is 2.20. The number of imidazole rings is 1. The van der Waals surface area contributed by atoms with Crippen molar-refractivity contribution in [1.82, 2.24) is 24.5 Å². The predicted octanol–water partition coefficient (Wildman–Crippen LogP) is 4.36. The first-order chi connectivity index (χ1) is 15.5. The summed E-state index contributed by atoms with van der Waals surface area (Å²) in [5, 5.41) is 3.80. The maximum Gasteiger partial charge on any atom is 0.324 e. The number of hydrogen-bond donors (Lipinski definition) is 1. The van der Waals surface area contributed by atoms with Gasteiger partial charge in [-0.3, -0.25) is 0 Å². The summed E-state index contributed by atoms with van der Waals surface area (Å²) in [6.07, 6.45) is 3.66. The van der Waals surface area contributed by atoms with Crippen molar-refractivity contribution in [2.24, 2.45) is 0 Å². The van der Waals surface area contributed by atoms with Crippen molar-refractivity contribution < 1.29 is 14.2 Å². The number of aryl methyl sites for hydroxylation is 1. The van der Waals surface area contributed by atoms with Gasteiger partial charge in [-0.2, -0.15) is 9.97 Å². The molecule has 0 spiro atoms. The van der Waals surface area contributed by atoms with Crippen LogP contribution in [0.2, 0.25) is 5.02 Å². The molecule has 0 fully saturated rings. The average molecular weight is 453 g/mol. The van der Waals surface area contributed by atoms with Gasteiger partial charge < -0.3 is 24.1 Å². The van der Waals surface area contributed by atoms with Gasteiger partial charge in [0.2, 0.25) is 5.95 Å². The predicted molar refractivity (Wildman–Crippen MR) is 120 cm³/mol. The number of hydrogen-bond acceptors (Lipinski definition) is 8. The number of rotatable bonds is 8. The van der Waals surface area contributed by atoms with E-state index in [1.807, 2.05) is 48.0 Å². The van der Waals surface area contributed by atoms with Crippen molar-refractivity contribution in [3.8, 4) is 23.5 Å². The fourth-order valence-electron chi connectivity index (χ4n) is 2.93. The van der Waals surface area contributed by atoms with Crippen LogP contribution in [0.1, 0.15) is 11.3 Å². The zero-order valence-corrected chi connectivity index (χ0v) is 18.5. The van der Waals surface area contributed by atoms with E-state index in [0.717, 1.165) is 22.6 Å². The minimum absolute atomic E-state index is 0.131. The minimum Gasteiger partial charge on any atom is -0.494 e. The first kappa shape index (κ1) is 21.4. The number of nitrogens with one attached hydrogen (secondary N) is 1. The molecule has 32 heavy (non-hydrogen) atoms. The molecule has 0 amide bonds. The summed E-state index contributed by atoms with van der Waals surface area (Å²) in [5.41, 5.74) is 3.43. The lowest BCUT2D eigenvalue weighted by Crippen LogP contribution is -2.06. The Labute approximate surface area is 190 Å². The Morgan fingerprint density at radius 1 is 0.969 bits per heavy atom.